The molecule has 3 N–H and O–H groups in total. The standard InChI is InChI=1S/C71H135NO5/c1-3-5-7-9-11-13-15-16-17-18-19-20-21-22-25-28-31-34-37-40-44-47-51-55-59-63-69(74)68(67-73)72-70(75)64-60-56-52-48-45-41-38-35-32-29-26-23-24-27-30-33-36-39-42-46-50-54-58-62-66-77-71(76)65-61-57-53-49-43-14-12-10-8-6-4-2/h10,12,26,29,59,63,68-69,73-74H,3-9,11,13-25,27-28,30-58,60-62,64-67H2,1-2H3,(H,72,75)/b12-10-,29-26-,63-59+. The van der Waals surface area contributed by atoms with Crippen molar-refractivity contribution < 1.29 is 24.5 Å². The van der Waals surface area contributed by atoms with Gasteiger partial charge in [-0.3, -0.25) is 9.59 Å². The number of nitrogens with one attached hydrogen (secondary N) is 1. The monoisotopic (exact) mass is 1080 g/mol. The maximum Gasteiger partial charge on any atom is 0.305 e. The second-order valence-electron chi connectivity index (χ2n) is 23.9. The van der Waals surface area contributed by atoms with E-state index in [0.29, 0.717) is 19.4 Å². The predicted octanol–water partition coefficient (Wildman–Crippen LogP) is 22.3. The van der Waals surface area contributed by atoms with Crippen LogP contribution in [0.4, 0.5) is 0 Å². The van der Waals surface area contributed by atoms with Crippen molar-refractivity contribution in [3.8, 4) is 0 Å². The highest BCUT2D eigenvalue weighted by atomic mass is 16.5. The Bertz CT molecular complexity index is 1250. The van der Waals surface area contributed by atoms with Gasteiger partial charge in [0.15, 0.2) is 0 Å². The van der Waals surface area contributed by atoms with Gasteiger partial charge in [-0.05, 0) is 77.0 Å². The molecule has 6 nitrogen and oxygen atoms in total. The molecule has 0 saturated heterocycles. The SMILES string of the molecule is CCCC/C=C\CCCCCCCC(=O)OCCCCCCCCCCCCCC/C=C\CCCCCCCCCCC(=O)NC(CO)C(O)/C=C/CCCCCCCCCCCCCCCCCCCCCCCCC. The second-order valence-corrected chi connectivity index (χ2v) is 23.9. The molecule has 0 radical (unpaired) electrons. The summed E-state index contributed by atoms with van der Waals surface area (Å²) >= 11 is 0. The molecule has 0 aliphatic rings. The van der Waals surface area contributed by atoms with E-state index in [1.54, 1.807) is 6.08 Å². The Labute approximate surface area is 481 Å². The molecule has 0 aromatic rings. The third kappa shape index (κ3) is 63.1. The maximum atomic E-state index is 12.5. The molecule has 0 aromatic carbocycles. The zero-order chi connectivity index (χ0) is 55.7. The fourth-order valence-corrected chi connectivity index (χ4v) is 10.8. The van der Waals surface area contributed by atoms with Crippen molar-refractivity contribution in [1.82, 2.24) is 5.32 Å². The lowest BCUT2D eigenvalue weighted by molar-refractivity contribution is -0.143. The molecule has 6 heteroatoms. The molecule has 0 spiro atoms. The molecule has 0 aromatic heterocycles. The average Bonchev–Trinajstić information content (AvgIpc) is 3.43. The average molecular weight is 1080 g/mol. The number of aliphatic hydroxyl groups excluding tert-OH is 2. The summed E-state index contributed by atoms with van der Waals surface area (Å²) in [7, 11) is 0. The van der Waals surface area contributed by atoms with E-state index < -0.39 is 12.1 Å². The molecule has 0 rings (SSSR count). The lowest BCUT2D eigenvalue weighted by atomic mass is 10.0. The van der Waals surface area contributed by atoms with Crippen molar-refractivity contribution in [2.24, 2.45) is 0 Å². The van der Waals surface area contributed by atoms with Crippen LogP contribution >= 0.6 is 0 Å². The molecule has 2 unspecified atom stereocenters. The third-order valence-corrected chi connectivity index (χ3v) is 16.1. The van der Waals surface area contributed by atoms with Gasteiger partial charge in [0.25, 0.3) is 0 Å². The molecular weight excluding hydrogens is 947 g/mol. The number of ether oxygens (including phenoxy) is 1. The zero-order valence-electron chi connectivity index (χ0n) is 52.0. The number of rotatable bonds is 65. The summed E-state index contributed by atoms with van der Waals surface area (Å²) in [5.41, 5.74) is 0. The van der Waals surface area contributed by atoms with E-state index in [2.05, 4.69) is 43.5 Å². The molecule has 0 heterocycles. The lowest BCUT2D eigenvalue weighted by Crippen LogP contribution is -2.45. The molecule has 1 amide bonds. The molecule has 454 valence electrons. The number of carbonyl (C=O) groups is 2. The largest absolute Gasteiger partial charge is 0.466 e. The highest BCUT2D eigenvalue weighted by Crippen LogP contribution is 2.18. The van der Waals surface area contributed by atoms with Crippen molar-refractivity contribution in [2.45, 2.75) is 392 Å². The van der Waals surface area contributed by atoms with Crippen LogP contribution in [0.5, 0.6) is 0 Å². The van der Waals surface area contributed by atoms with Crippen LogP contribution in [0.25, 0.3) is 0 Å². The Hall–Kier alpha value is -1.92. The summed E-state index contributed by atoms with van der Waals surface area (Å²) in [6.07, 6.45) is 85.0. The van der Waals surface area contributed by atoms with Gasteiger partial charge in [0, 0.05) is 12.8 Å². The number of unbranched alkanes of at least 4 members (excludes halogenated alkanes) is 50. The van der Waals surface area contributed by atoms with Crippen LogP contribution in [0.3, 0.4) is 0 Å². The van der Waals surface area contributed by atoms with Gasteiger partial charge in [0.2, 0.25) is 5.91 Å². The van der Waals surface area contributed by atoms with Crippen LogP contribution in [-0.2, 0) is 14.3 Å². The highest BCUT2D eigenvalue weighted by Gasteiger charge is 2.18. The topological polar surface area (TPSA) is 95.9 Å². The quantitative estimate of drug-likeness (QED) is 0.0320. The van der Waals surface area contributed by atoms with Gasteiger partial charge in [-0.15, -0.1) is 0 Å². The molecule has 0 aliphatic carbocycles. The molecule has 0 aliphatic heterocycles. The molecular formula is C71H135NO5. The molecule has 0 saturated carbocycles. The smallest absolute Gasteiger partial charge is 0.305 e. The first-order chi connectivity index (χ1) is 38.0. The van der Waals surface area contributed by atoms with Gasteiger partial charge >= 0.3 is 5.97 Å². The van der Waals surface area contributed by atoms with E-state index >= 15 is 0 Å². The van der Waals surface area contributed by atoms with Crippen LogP contribution < -0.4 is 5.32 Å². The first-order valence-corrected chi connectivity index (χ1v) is 34.8. The third-order valence-electron chi connectivity index (χ3n) is 16.1. The Balaban J connectivity index is 3.44. The minimum atomic E-state index is -0.849. The van der Waals surface area contributed by atoms with Gasteiger partial charge in [-0.2, -0.15) is 0 Å². The summed E-state index contributed by atoms with van der Waals surface area (Å²) in [4.78, 5) is 24.5. The van der Waals surface area contributed by atoms with Gasteiger partial charge < -0.3 is 20.3 Å². The number of hydrogen-bond donors (Lipinski definition) is 3. The van der Waals surface area contributed by atoms with Gasteiger partial charge in [0.05, 0.1) is 25.4 Å². The summed E-state index contributed by atoms with van der Waals surface area (Å²) in [6, 6.07) is -0.633. The molecule has 2 atom stereocenters. The van der Waals surface area contributed by atoms with Crippen molar-refractivity contribution >= 4 is 11.9 Å². The Kier molecular flexibility index (Phi) is 64.9. The van der Waals surface area contributed by atoms with Gasteiger partial charge in [-0.1, -0.05) is 326 Å². The fraction of sp³-hybridized carbons (Fsp3) is 0.887. The Morgan fingerprint density at radius 1 is 0.351 bits per heavy atom. The van der Waals surface area contributed by atoms with E-state index in [4.69, 9.17) is 4.74 Å². The van der Waals surface area contributed by atoms with Gasteiger partial charge in [-0.25, -0.2) is 0 Å². The highest BCUT2D eigenvalue weighted by molar-refractivity contribution is 5.76. The number of aliphatic hydroxyl groups is 2. The normalized spacial score (nSPS) is 12.7. The van der Waals surface area contributed by atoms with Crippen molar-refractivity contribution in [1.29, 1.82) is 0 Å². The van der Waals surface area contributed by atoms with Crippen molar-refractivity contribution in [3.05, 3.63) is 36.5 Å². The van der Waals surface area contributed by atoms with Crippen LogP contribution in [0.2, 0.25) is 0 Å². The first kappa shape index (κ1) is 75.1. The summed E-state index contributed by atoms with van der Waals surface area (Å²) in [6.45, 7) is 4.89. The fourth-order valence-electron chi connectivity index (χ4n) is 10.8. The van der Waals surface area contributed by atoms with Crippen molar-refractivity contribution in [3.63, 3.8) is 0 Å². The van der Waals surface area contributed by atoms with E-state index in [0.717, 1.165) is 44.9 Å². The van der Waals surface area contributed by atoms with E-state index in [1.807, 2.05) is 6.08 Å². The molecule has 0 bridgehead atoms. The van der Waals surface area contributed by atoms with Crippen LogP contribution in [0.1, 0.15) is 380 Å². The summed E-state index contributed by atoms with van der Waals surface area (Å²) in [5, 5.41) is 23.3. The Morgan fingerprint density at radius 3 is 0.961 bits per heavy atom. The number of allylic oxidation sites excluding steroid dienone is 5. The van der Waals surface area contributed by atoms with E-state index in [9.17, 15) is 19.8 Å². The first-order valence-electron chi connectivity index (χ1n) is 34.8. The minimum absolute atomic E-state index is 0.00129. The zero-order valence-corrected chi connectivity index (χ0v) is 52.0. The predicted molar refractivity (Wildman–Crippen MR) is 338 cm³/mol. The van der Waals surface area contributed by atoms with Crippen LogP contribution in [-0.4, -0.2) is 47.4 Å². The van der Waals surface area contributed by atoms with Crippen LogP contribution in [0, 0.1) is 0 Å². The van der Waals surface area contributed by atoms with E-state index in [1.165, 1.54) is 308 Å². The second kappa shape index (κ2) is 66.6. The Morgan fingerprint density at radius 2 is 0.623 bits per heavy atom. The minimum Gasteiger partial charge on any atom is -0.466 e. The maximum absolute atomic E-state index is 12.5. The summed E-state index contributed by atoms with van der Waals surface area (Å²) in [5.74, 6) is -0.0674. The number of carbonyl (C=O) groups excluding carboxylic acids is 2. The van der Waals surface area contributed by atoms with Crippen molar-refractivity contribution in [2.75, 3.05) is 13.2 Å². The van der Waals surface area contributed by atoms with Gasteiger partial charge in [0.1, 0.15) is 0 Å². The number of esters is 1. The molecule has 0 fully saturated rings. The lowest BCUT2D eigenvalue weighted by Gasteiger charge is -2.20. The summed E-state index contributed by atoms with van der Waals surface area (Å²) < 4.78 is 5.46. The van der Waals surface area contributed by atoms with Crippen LogP contribution in [0.15, 0.2) is 36.5 Å². The molecule has 77 heavy (non-hydrogen) atoms. The van der Waals surface area contributed by atoms with E-state index in [-0.39, 0.29) is 18.5 Å². The number of amides is 1. The number of hydrogen-bond acceptors (Lipinski definition) is 5.